The van der Waals surface area contributed by atoms with Crippen molar-refractivity contribution < 1.29 is 9.53 Å². The summed E-state index contributed by atoms with van der Waals surface area (Å²) in [4.78, 5) is 12.5. The zero-order valence-corrected chi connectivity index (χ0v) is 17.1. The van der Waals surface area contributed by atoms with Crippen molar-refractivity contribution >= 4 is 23.4 Å². The first-order valence-corrected chi connectivity index (χ1v) is 10.2. The van der Waals surface area contributed by atoms with Crippen molar-refractivity contribution in [3.8, 4) is 0 Å². The summed E-state index contributed by atoms with van der Waals surface area (Å²) in [6.07, 6.45) is 2.24. The van der Waals surface area contributed by atoms with E-state index in [9.17, 15) is 4.79 Å². The highest BCUT2D eigenvalue weighted by atomic mass is 32.2. The average Bonchev–Trinajstić information content (AvgIpc) is 3.27. The van der Waals surface area contributed by atoms with E-state index in [1.54, 1.807) is 4.68 Å². The Hall–Kier alpha value is -1.93. The van der Waals surface area contributed by atoms with Crippen LogP contribution in [0, 0.1) is 0 Å². The van der Waals surface area contributed by atoms with E-state index < -0.39 is 0 Å². The fourth-order valence-electron chi connectivity index (χ4n) is 2.89. The summed E-state index contributed by atoms with van der Waals surface area (Å²) >= 11 is 1.35. The summed E-state index contributed by atoms with van der Waals surface area (Å²) in [6, 6.07) is 7.99. The summed E-state index contributed by atoms with van der Waals surface area (Å²) in [7, 11) is 0. The smallest absolute Gasteiger partial charge is 0.237 e. The molecule has 0 unspecified atom stereocenters. The van der Waals surface area contributed by atoms with Crippen LogP contribution in [0.5, 0.6) is 0 Å². The van der Waals surface area contributed by atoms with E-state index >= 15 is 0 Å². The van der Waals surface area contributed by atoms with Crippen molar-refractivity contribution in [2.45, 2.75) is 69.0 Å². The van der Waals surface area contributed by atoms with Gasteiger partial charge in [-0.15, -0.1) is 5.10 Å². The van der Waals surface area contributed by atoms with Gasteiger partial charge in [0, 0.05) is 12.3 Å². The highest BCUT2D eigenvalue weighted by Gasteiger charge is 2.22. The standard InChI is InChI=1S/C19H27N5O2S/c1-13(17(25)20-15-9-7-14(8-10-15)19(2,3)4)27-18-21-22-23-24(18)12-16-6-5-11-26-16/h7-10,13,16H,5-6,11-12H2,1-4H3,(H,20,25)/t13-,16-/m0/s1. The molecular weight excluding hydrogens is 362 g/mol. The van der Waals surface area contributed by atoms with Crippen molar-refractivity contribution in [1.82, 2.24) is 20.2 Å². The number of hydrogen-bond donors (Lipinski definition) is 1. The van der Waals surface area contributed by atoms with Gasteiger partial charge in [-0.2, -0.15) is 0 Å². The molecule has 146 valence electrons. The molecule has 1 fully saturated rings. The molecule has 0 radical (unpaired) electrons. The van der Waals surface area contributed by atoms with Crippen LogP contribution in [0.1, 0.15) is 46.1 Å². The Balaban J connectivity index is 1.57. The second-order valence-electron chi connectivity index (χ2n) is 7.86. The molecule has 1 aromatic heterocycles. The molecule has 1 aromatic carbocycles. The zero-order valence-electron chi connectivity index (χ0n) is 16.3. The number of rotatable bonds is 6. The fourth-order valence-corrected chi connectivity index (χ4v) is 3.68. The Labute approximate surface area is 164 Å². The largest absolute Gasteiger partial charge is 0.376 e. The number of carbonyl (C=O) groups is 1. The number of anilines is 1. The van der Waals surface area contributed by atoms with Crippen molar-refractivity contribution in [1.29, 1.82) is 0 Å². The Kier molecular flexibility index (Phi) is 6.16. The number of nitrogens with one attached hydrogen (secondary N) is 1. The number of tetrazole rings is 1. The third-order valence-electron chi connectivity index (χ3n) is 4.57. The molecule has 0 spiro atoms. The van der Waals surface area contributed by atoms with Gasteiger partial charge in [0.2, 0.25) is 11.1 Å². The van der Waals surface area contributed by atoms with Crippen LogP contribution in [0.15, 0.2) is 29.4 Å². The molecule has 2 aromatic rings. The van der Waals surface area contributed by atoms with Gasteiger partial charge in [-0.25, -0.2) is 4.68 Å². The minimum Gasteiger partial charge on any atom is -0.376 e. The minimum atomic E-state index is -0.318. The third-order valence-corrected chi connectivity index (χ3v) is 5.64. The monoisotopic (exact) mass is 389 g/mol. The van der Waals surface area contributed by atoms with Gasteiger partial charge in [0.25, 0.3) is 0 Å². The van der Waals surface area contributed by atoms with E-state index in [2.05, 4.69) is 53.7 Å². The molecule has 1 aliphatic heterocycles. The van der Waals surface area contributed by atoms with Crippen molar-refractivity contribution in [2.75, 3.05) is 11.9 Å². The van der Waals surface area contributed by atoms with Crippen LogP contribution in [0.4, 0.5) is 5.69 Å². The van der Waals surface area contributed by atoms with Gasteiger partial charge in [-0.05, 0) is 53.3 Å². The predicted octanol–water partition coefficient (Wildman–Crippen LogP) is 3.27. The van der Waals surface area contributed by atoms with Crippen LogP contribution in [0.3, 0.4) is 0 Å². The van der Waals surface area contributed by atoms with Crippen molar-refractivity contribution in [3.63, 3.8) is 0 Å². The summed E-state index contributed by atoms with van der Waals surface area (Å²) in [5, 5.41) is 15.1. The molecule has 2 heterocycles. The lowest BCUT2D eigenvalue weighted by atomic mass is 9.87. The summed E-state index contributed by atoms with van der Waals surface area (Å²) < 4.78 is 7.37. The van der Waals surface area contributed by atoms with Crippen LogP contribution in [-0.4, -0.2) is 44.1 Å². The number of carbonyl (C=O) groups excluding carboxylic acids is 1. The summed E-state index contributed by atoms with van der Waals surface area (Å²) in [5.74, 6) is -0.0739. The zero-order chi connectivity index (χ0) is 19.4. The van der Waals surface area contributed by atoms with Gasteiger partial charge in [0.05, 0.1) is 17.9 Å². The molecule has 1 saturated heterocycles. The molecule has 1 N–H and O–H groups in total. The lowest BCUT2D eigenvalue weighted by molar-refractivity contribution is -0.115. The van der Waals surface area contributed by atoms with Crippen LogP contribution < -0.4 is 5.32 Å². The first-order valence-electron chi connectivity index (χ1n) is 9.29. The predicted molar refractivity (Wildman–Crippen MR) is 106 cm³/mol. The van der Waals surface area contributed by atoms with Crippen LogP contribution in [0.25, 0.3) is 0 Å². The van der Waals surface area contributed by atoms with Gasteiger partial charge >= 0.3 is 0 Å². The van der Waals surface area contributed by atoms with Crippen LogP contribution in [0.2, 0.25) is 0 Å². The SMILES string of the molecule is C[C@H](Sc1nnnn1C[C@@H]1CCCO1)C(=O)Nc1ccc(C(C)(C)C)cc1. The minimum absolute atomic E-state index is 0.0739. The first-order chi connectivity index (χ1) is 12.8. The summed E-state index contributed by atoms with van der Waals surface area (Å²) in [5.41, 5.74) is 2.11. The number of ether oxygens (including phenoxy) is 1. The van der Waals surface area contributed by atoms with E-state index in [0.717, 1.165) is 25.1 Å². The maximum absolute atomic E-state index is 12.5. The Morgan fingerprint density at radius 2 is 2.11 bits per heavy atom. The van der Waals surface area contributed by atoms with Gasteiger partial charge < -0.3 is 10.1 Å². The second-order valence-corrected chi connectivity index (χ2v) is 9.16. The first kappa shape index (κ1) is 19.8. The Bertz CT molecular complexity index is 763. The van der Waals surface area contributed by atoms with E-state index in [1.807, 2.05) is 19.1 Å². The Morgan fingerprint density at radius 1 is 1.37 bits per heavy atom. The number of benzene rings is 1. The topological polar surface area (TPSA) is 81.9 Å². The number of amides is 1. The van der Waals surface area contributed by atoms with Crippen LogP contribution in [-0.2, 0) is 21.5 Å². The molecule has 1 aliphatic rings. The lowest BCUT2D eigenvalue weighted by Gasteiger charge is -2.19. The normalized spacial score (nSPS) is 18.4. The Morgan fingerprint density at radius 3 is 2.74 bits per heavy atom. The summed E-state index contributed by atoms with van der Waals surface area (Å²) in [6.45, 7) is 9.77. The molecule has 0 bridgehead atoms. The average molecular weight is 390 g/mol. The van der Waals surface area contributed by atoms with E-state index in [1.165, 1.54) is 17.3 Å². The molecule has 1 amide bonds. The number of thioether (sulfide) groups is 1. The van der Waals surface area contributed by atoms with Gasteiger partial charge in [-0.3, -0.25) is 4.79 Å². The number of aromatic nitrogens is 4. The molecule has 27 heavy (non-hydrogen) atoms. The van der Waals surface area contributed by atoms with Gasteiger partial charge in [0.15, 0.2) is 0 Å². The highest BCUT2D eigenvalue weighted by molar-refractivity contribution is 8.00. The molecule has 2 atom stereocenters. The number of hydrogen-bond acceptors (Lipinski definition) is 6. The second kappa shape index (κ2) is 8.39. The molecule has 8 heteroatoms. The van der Waals surface area contributed by atoms with Crippen molar-refractivity contribution in [3.05, 3.63) is 29.8 Å². The van der Waals surface area contributed by atoms with Gasteiger partial charge in [-0.1, -0.05) is 44.7 Å². The van der Waals surface area contributed by atoms with E-state index in [0.29, 0.717) is 11.7 Å². The maximum atomic E-state index is 12.5. The molecule has 3 rings (SSSR count). The van der Waals surface area contributed by atoms with Crippen molar-refractivity contribution in [2.24, 2.45) is 0 Å². The van der Waals surface area contributed by atoms with E-state index in [-0.39, 0.29) is 22.7 Å². The molecule has 7 nitrogen and oxygen atoms in total. The number of nitrogens with zero attached hydrogens (tertiary/aromatic N) is 4. The quantitative estimate of drug-likeness (QED) is 0.764. The highest BCUT2D eigenvalue weighted by Crippen LogP contribution is 2.25. The lowest BCUT2D eigenvalue weighted by Crippen LogP contribution is -2.24. The molecule has 0 aliphatic carbocycles. The maximum Gasteiger partial charge on any atom is 0.237 e. The van der Waals surface area contributed by atoms with Gasteiger partial charge in [0.1, 0.15) is 0 Å². The molecule has 0 saturated carbocycles. The fraction of sp³-hybridized carbons (Fsp3) is 0.579. The molecular formula is C19H27N5O2S. The third kappa shape index (κ3) is 5.29. The van der Waals surface area contributed by atoms with E-state index in [4.69, 9.17) is 4.74 Å². The van der Waals surface area contributed by atoms with Crippen LogP contribution >= 0.6 is 11.8 Å².